The first-order chi connectivity index (χ1) is 12.3. The molecule has 9 heteroatoms. The Hall–Kier alpha value is -2.94. The van der Waals surface area contributed by atoms with Gasteiger partial charge in [-0.25, -0.2) is 8.42 Å². The van der Waals surface area contributed by atoms with Gasteiger partial charge in [-0.05, 0) is 18.1 Å². The number of hydrogen-bond acceptors (Lipinski definition) is 5. The number of H-pyrrole nitrogens is 1. The molecule has 0 spiro atoms. The minimum atomic E-state index is -3.44. The van der Waals surface area contributed by atoms with E-state index in [0.29, 0.717) is 0 Å². The van der Waals surface area contributed by atoms with E-state index in [1.165, 1.54) is 4.68 Å². The maximum Gasteiger partial charge on any atom is 0.217 e. The fourth-order valence-corrected chi connectivity index (χ4v) is 3.76. The van der Waals surface area contributed by atoms with Gasteiger partial charge < -0.3 is 5.73 Å². The van der Waals surface area contributed by atoms with Crippen LogP contribution in [0, 0.1) is 0 Å². The number of rotatable bonds is 7. The van der Waals surface area contributed by atoms with Crippen molar-refractivity contribution >= 4 is 15.7 Å². The number of aromatic amines is 1. The predicted molar refractivity (Wildman–Crippen MR) is 97.6 cm³/mol. The Bertz CT molecular complexity index is 991. The van der Waals surface area contributed by atoms with Crippen LogP contribution in [0.2, 0.25) is 0 Å². The molecule has 0 aliphatic heterocycles. The second-order valence-electron chi connectivity index (χ2n) is 6.04. The molecule has 1 aromatic carbocycles. The molecule has 26 heavy (non-hydrogen) atoms. The zero-order chi connectivity index (χ0) is 18.7. The molecule has 2 heterocycles. The summed E-state index contributed by atoms with van der Waals surface area (Å²) in [5.74, 6) is -0.542. The lowest BCUT2D eigenvalue weighted by molar-refractivity contribution is -0.118. The maximum atomic E-state index is 12.0. The quantitative estimate of drug-likeness (QED) is 0.653. The lowest BCUT2D eigenvalue weighted by atomic mass is 10.1. The van der Waals surface area contributed by atoms with Crippen molar-refractivity contribution in [2.45, 2.75) is 18.2 Å². The maximum absolute atomic E-state index is 12.0. The molecule has 0 radical (unpaired) electrons. The topological polar surface area (TPSA) is 124 Å². The fourth-order valence-electron chi connectivity index (χ4n) is 2.71. The van der Waals surface area contributed by atoms with Crippen LogP contribution in [0.1, 0.15) is 18.2 Å². The van der Waals surface area contributed by atoms with Crippen LogP contribution >= 0.6 is 0 Å². The van der Waals surface area contributed by atoms with Crippen molar-refractivity contribution in [3.8, 4) is 22.4 Å². The molecule has 0 saturated carbocycles. The Morgan fingerprint density at radius 1 is 1.19 bits per heavy atom. The Kier molecular flexibility index (Phi) is 4.90. The van der Waals surface area contributed by atoms with E-state index in [0.717, 1.165) is 28.6 Å². The molecule has 0 saturated heterocycles. The number of sulfone groups is 1. The molecule has 1 amide bonds. The molecule has 2 aromatic heterocycles. The van der Waals surface area contributed by atoms with E-state index in [1.807, 2.05) is 30.3 Å². The zero-order valence-corrected chi connectivity index (χ0v) is 15.0. The number of carbonyl (C=O) groups excluding carboxylic acids is 1. The summed E-state index contributed by atoms with van der Waals surface area (Å²) in [6, 6.07) is 9.59. The number of aromatic nitrogens is 4. The monoisotopic (exact) mass is 373 g/mol. The highest BCUT2D eigenvalue weighted by atomic mass is 32.2. The van der Waals surface area contributed by atoms with E-state index >= 15 is 0 Å². The lowest BCUT2D eigenvalue weighted by Crippen LogP contribution is -2.22. The van der Waals surface area contributed by atoms with Gasteiger partial charge in [0.2, 0.25) is 5.91 Å². The second-order valence-corrected chi connectivity index (χ2v) is 8.24. The molecular formula is C17H19N5O3S. The van der Waals surface area contributed by atoms with Gasteiger partial charge in [-0.15, -0.1) is 0 Å². The summed E-state index contributed by atoms with van der Waals surface area (Å²) in [7, 11) is -3.44. The Morgan fingerprint density at radius 2 is 1.88 bits per heavy atom. The third kappa shape index (κ3) is 3.99. The first-order valence-electron chi connectivity index (χ1n) is 7.96. The van der Waals surface area contributed by atoms with Gasteiger partial charge in [-0.1, -0.05) is 24.3 Å². The van der Waals surface area contributed by atoms with Crippen LogP contribution in [-0.4, -0.2) is 40.6 Å². The van der Waals surface area contributed by atoms with Crippen molar-refractivity contribution in [2.75, 3.05) is 6.26 Å². The zero-order valence-electron chi connectivity index (χ0n) is 14.2. The van der Waals surface area contributed by atoms with Crippen molar-refractivity contribution in [1.82, 2.24) is 20.0 Å². The van der Waals surface area contributed by atoms with E-state index in [-0.39, 0.29) is 12.8 Å². The smallest absolute Gasteiger partial charge is 0.217 e. The van der Waals surface area contributed by atoms with Gasteiger partial charge in [0.15, 0.2) is 15.2 Å². The van der Waals surface area contributed by atoms with Crippen LogP contribution in [0.5, 0.6) is 0 Å². The SMILES string of the molecule is CS(=O)(=O)C(CCC(N)=O)n1cc(-c2ccc(-c3cc[nH]n3)cc2)cn1. The minimum absolute atomic E-state index is 0.0225. The third-order valence-corrected chi connectivity index (χ3v) is 5.48. The Labute approximate surface area is 151 Å². The standard InChI is InChI=1S/C17H19N5O3S/c1-26(24,25)17(7-6-16(18)23)22-11-14(10-20-22)12-2-4-13(5-3-12)15-8-9-19-21-15/h2-5,8-11,17H,6-7H2,1H3,(H2,18,23)(H,19,21). The minimum Gasteiger partial charge on any atom is -0.370 e. The van der Waals surface area contributed by atoms with Crippen molar-refractivity contribution in [3.05, 3.63) is 48.9 Å². The highest BCUT2D eigenvalue weighted by molar-refractivity contribution is 7.90. The summed E-state index contributed by atoms with van der Waals surface area (Å²) in [4.78, 5) is 11.0. The molecular weight excluding hydrogens is 354 g/mol. The van der Waals surface area contributed by atoms with Crippen LogP contribution in [0.3, 0.4) is 0 Å². The van der Waals surface area contributed by atoms with Crippen LogP contribution in [0.15, 0.2) is 48.9 Å². The number of amides is 1. The number of nitrogens with zero attached hydrogens (tertiary/aromatic N) is 3. The number of primary amides is 1. The van der Waals surface area contributed by atoms with E-state index < -0.39 is 21.1 Å². The van der Waals surface area contributed by atoms with E-state index in [4.69, 9.17) is 5.73 Å². The molecule has 3 aromatic rings. The molecule has 0 bridgehead atoms. The van der Waals surface area contributed by atoms with Crippen molar-refractivity contribution in [1.29, 1.82) is 0 Å². The van der Waals surface area contributed by atoms with Gasteiger partial charge >= 0.3 is 0 Å². The van der Waals surface area contributed by atoms with Gasteiger partial charge in [0, 0.05) is 36.2 Å². The van der Waals surface area contributed by atoms with Gasteiger partial charge in [-0.2, -0.15) is 10.2 Å². The lowest BCUT2D eigenvalue weighted by Gasteiger charge is -2.14. The predicted octanol–water partition coefficient (Wildman–Crippen LogP) is 1.75. The highest BCUT2D eigenvalue weighted by Crippen LogP contribution is 2.26. The summed E-state index contributed by atoms with van der Waals surface area (Å²) >= 11 is 0. The van der Waals surface area contributed by atoms with Crippen LogP contribution in [0.25, 0.3) is 22.4 Å². The van der Waals surface area contributed by atoms with Gasteiger partial charge in [0.1, 0.15) is 0 Å². The molecule has 3 N–H and O–H groups in total. The van der Waals surface area contributed by atoms with Crippen molar-refractivity contribution in [3.63, 3.8) is 0 Å². The fraction of sp³-hybridized carbons (Fsp3) is 0.235. The Balaban J connectivity index is 1.85. The van der Waals surface area contributed by atoms with E-state index in [2.05, 4.69) is 15.3 Å². The number of nitrogens with one attached hydrogen (secondary N) is 1. The van der Waals surface area contributed by atoms with Crippen molar-refractivity contribution in [2.24, 2.45) is 5.73 Å². The van der Waals surface area contributed by atoms with Crippen molar-refractivity contribution < 1.29 is 13.2 Å². The average Bonchev–Trinajstić information content (AvgIpc) is 3.26. The van der Waals surface area contributed by atoms with E-state index in [9.17, 15) is 13.2 Å². The Morgan fingerprint density at radius 3 is 2.46 bits per heavy atom. The highest BCUT2D eigenvalue weighted by Gasteiger charge is 2.24. The van der Waals surface area contributed by atoms with E-state index in [1.54, 1.807) is 18.6 Å². The third-order valence-electron chi connectivity index (χ3n) is 4.04. The van der Waals surface area contributed by atoms with Crippen LogP contribution in [-0.2, 0) is 14.6 Å². The number of benzene rings is 1. The van der Waals surface area contributed by atoms with Gasteiger partial charge in [-0.3, -0.25) is 14.6 Å². The number of hydrogen-bond donors (Lipinski definition) is 2. The van der Waals surface area contributed by atoms with Crippen LogP contribution < -0.4 is 5.73 Å². The average molecular weight is 373 g/mol. The summed E-state index contributed by atoms with van der Waals surface area (Å²) in [6.45, 7) is 0. The molecule has 136 valence electrons. The molecule has 1 unspecified atom stereocenters. The first-order valence-corrected chi connectivity index (χ1v) is 9.92. The molecule has 1 atom stereocenters. The van der Waals surface area contributed by atoms with Crippen LogP contribution in [0.4, 0.5) is 0 Å². The molecule has 8 nitrogen and oxygen atoms in total. The first kappa shape index (κ1) is 17.9. The number of carbonyl (C=O) groups is 1. The molecule has 0 aliphatic rings. The molecule has 3 rings (SSSR count). The number of nitrogens with two attached hydrogens (primary N) is 1. The second kappa shape index (κ2) is 7.12. The summed E-state index contributed by atoms with van der Waals surface area (Å²) in [5, 5.41) is 10.2. The largest absolute Gasteiger partial charge is 0.370 e. The summed E-state index contributed by atoms with van der Waals surface area (Å²) in [6.07, 6.45) is 6.21. The normalized spacial score (nSPS) is 12.8. The molecule has 0 aliphatic carbocycles. The van der Waals surface area contributed by atoms with Gasteiger partial charge in [0.25, 0.3) is 0 Å². The summed E-state index contributed by atoms with van der Waals surface area (Å²) < 4.78 is 25.5. The van der Waals surface area contributed by atoms with Gasteiger partial charge in [0.05, 0.1) is 11.9 Å². The summed E-state index contributed by atoms with van der Waals surface area (Å²) in [5.41, 5.74) is 8.64. The molecule has 0 fully saturated rings.